The first-order valence-electron chi connectivity index (χ1n) is 7.91. The van der Waals surface area contributed by atoms with Crippen molar-refractivity contribution in [2.24, 2.45) is 0 Å². The Hall–Kier alpha value is -1.27. The lowest BCUT2D eigenvalue weighted by atomic mass is 10.2. The quantitative estimate of drug-likeness (QED) is 0.761. The Balaban J connectivity index is 1.60. The van der Waals surface area contributed by atoms with Gasteiger partial charge in [0.1, 0.15) is 0 Å². The number of benzene rings is 1. The van der Waals surface area contributed by atoms with Crippen molar-refractivity contribution in [3.8, 4) is 0 Å². The fourth-order valence-corrected chi connectivity index (χ4v) is 4.21. The maximum Gasteiger partial charge on any atom is 0.319 e. The smallest absolute Gasteiger partial charge is 0.319 e. The number of amides is 2. The summed E-state index contributed by atoms with van der Waals surface area (Å²) in [6.45, 7) is 2.72. The predicted molar refractivity (Wildman–Crippen MR) is 101 cm³/mol. The molecule has 1 aliphatic rings. The highest BCUT2D eigenvalue weighted by atomic mass is 35.5. The first kappa shape index (κ1) is 17.5. The molecular formula is C17H19Cl2N3OS. The molecule has 0 bridgehead atoms. The molecule has 2 amide bonds. The molecule has 3 rings (SSSR count). The molecule has 2 heterocycles. The topological polar surface area (TPSA) is 44.4 Å². The van der Waals surface area contributed by atoms with E-state index in [-0.39, 0.29) is 12.1 Å². The number of halogens is 2. The number of carbonyl (C=O) groups is 1. The number of rotatable bonds is 5. The van der Waals surface area contributed by atoms with Gasteiger partial charge in [-0.05, 0) is 55.6 Å². The fourth-order valence-electron chi connectivity index (χ4n) is 2.89. The molecule has 1 atom stereocenters. The fraction of sp³-hybridized carbons (Fsp3) is 0.353. The van der Waals surface area contributed by atoms with Gasteiger partial charge in [-0.2, -0.15) is 0 Å². The molecule has 2 aromatic rings. The largest absolute Gasteiger partial charge is 0.336 e. The van der Waals surface area contributed by atoms with Gasteiger partial charge in [0.25, 0.3) is 0 Å². The lowest BCUT2D eigenvalue weighted by Crippen LogP contribution is -2.38. The average Bonchev–Trinajstić information content (AvgIpc) is 3.24. The van der Waals surface area contributed by atoms with Crippen molar-refractivity contribution < 1.29 is 4.79 Å². The molecule has 1 saturated heterocycles. The van der Waals surface area contributed by atoms with Gasteiger partial charge >= 0.3 is 6.03 Å². The Kier molecular flexibility index (Phi) is 6.00. The third-order valence-electron chi connectivity index (χ3n) is 4.09. The number of likely N-dealkylation sites (tertiary alicyclic amines) is 1. The molecule has 0 spiro atoms. The van der Waals surface area contributed by atoms with Gasteiger partial charge in [0.15, 0.2) is 0 Å². The third-order valence-corrected chi connectivity index (χ3v) is 5.61. The average molecular weight is 384 g/mol. The van der Waals surface area contributed by atoms with Gasteiger partial charge in [0, 0.05) is 16.4 Å². The zero-order valence-corrected chi connectivity index (χ0v) is 15.4. The van der Waals surface area contributed by atoms with Crippen molar-refractivity contribution in [2.75, 3.05) is 25.0 Å². The summed E-state index contributed by atoms with van der Waals surface area (Å²) in [5.74, 6) is 0. The summed E-state index contributed by atoms with van der Waals surface area (Å²) < 4.78 is 0. The van der Waals surface area contributed by atoms with E-state index in [1.54, 1.807) is 29.5 Å². The normalized spacial score (nSPS) is 16.1. The van der Waals surface area contributed by atoms with Crippen LogP contribution < -0.4 is 10.6 Å². The van der Waals surface area contributed by atoms with E-state index in [1.165, 1.54) is 17.7 Å². The van der Waals surface area contributed by atoms with Gasteiger partial charge in [0.05, 0.1) is 16.8 Å². The minimum Gasteiger partial charge on any atom is -0.336 e. The zero-order valence-electron chi connectivity index (χ0n) is 13.1. The molecule has 1 aromatic heterocycles. The molecule has 0 unspecified atom stereocenters. The van der Waals surface area contributed by atoms with Crippen molar-refractivity contribution in [3.05, 3.63) is 50.6 Å². The third kappa shape index (κ3) is 4.42. The summed E-state index contributed by atoms with van der Waals surface area (Å²) in [7, 11) is 0. The monoisotopic (exact) mass is 383 g/mol. The summed E-state index contributed by atoms with van der Waals surface area (Å²) in [5, 5.41) is 8.77. The number of urea groups is 1. The van der Waals surface area contributed by atoms with Gasteiger partial charge < -0.3 is 10.6 Å². The highest BCUT2D eigenvalue weighted by Crippen LogP contribution is 2.28. The highest BCUT2D eigenvalue weighted by Gasteiger charge is 2.24. The van der Waals surface area contributed by atoms with Crippen LogP contribution in [0.4, 0.5) is 10.5 Å². The molecule has 24 heavy (non-hydrogen) atoms. The van der Waals surface area contributed by atoms with Crippen molar-refractivity contribution >= 4 is 46.3 Å². The number of hydrogen-bond acceptors (Lipinski definition) is 3. The number of hydrogen-bond donors (Lipinski definition) is 2. The van der Waals surface area contributed by atoms with Crippen molar-refractivity contribution in [3.63, 3.8) is 0 Å². The van der Waals surface area contributed by atoms with Gasteiger partial charge in [0.2, 0.25) is 0 Å². The van der Waals surface area contributed by atoms with Crippen LogP contribution in [0.2, 0.25) is 10.0 Å². The lowest BCUT2D eigenvalue weighted by molar-refractivity contribution is 0.229. The van der Waals surface area contributed by atoms with E-state index < -0.39 is 0 Å². The Labute approximate surface area is 155 Å². The number of carbonyl (C=O) groups excluding carboxylic acids is 1. The minimum absolute atomic E-state index is 0.221. The maximum atomic E-state index is 12.2. The van der Waals surface area contributed by atoms with Crippen LogP contribution in [-0.4, -0.2) is 30.6 Å². The van der Waals surface area contributed by atoms with Crippen LogP contribution in [0.25, 0.3) is 0 Å². The van der Waals surface area contributed by atoms with Crippen LogP contribution in [0.3, 0.4) is 0 Å². The molecule has 128 valence electrons. The van der Waals surface area contributed by atoms with Crippen LogP contribution in [0.15, 0.2) is 35.7 Å². The summed E-state index contributed by atoms with van der Waals surface area (Å²) in [5.41, 5.74) is 0.549. The molecule has 1 aliphatic heterocycles. The second-order valence-electron chi connectivity index (χ2n) is 5.73. The van der Waals surface area contributed by atoms with Gasteiger partial charge in [-0.15, -0.1) is 11.3 Å². The SMILES string of the molecule is O=C(NC[C@@H](c1cccs1)N1CCCC1)Nc1ccc(Cl)cc1Cl. The Morgan fingerprint density at radius 3 is 2.71 bits per heavy atom. The van der Waals surface area contributed by atoms with E-state index in [0.29, 0.717) is 22.3 Å². The zero-order chi connectivity index (χ0) is 16.9. The molecule has 0 radical (unpaired) electrons. The molecule has 1 fully saturated rings. The van der Waals surface area contributed by atoms with E-state index in [0.717, 1.165) is 13.1 Å². The van der Waals surface area contributed by atoms with E-state index >= 15 is 0 Å². The number of nitrogens with one attached hydrogen (secondary N) is 2. The number of thiophene rings is 1. The molecule has 2 N–H and O–H groups in total. The molecule has 1 aromatic carbocycles. The Morgan fingerprint density at radius 2 is 2.04 bits per heavy atom. The van der Waals surface area contributed by atoms with E-state index in [9.17, 15) is 4.79 Å². The van der Waals surface area contributed by atoms with E-state index in [4.69, 9.17) is 23.2 Å². The first-order valence-corrected chi connectivity index (χ1v) is 9.54. The Bertz CT molecular complexity index is 687. The Morgan fingerprint density at radius 1 is 1.25 bits per heavy atom. The summed E-state index contributed by atoms with van der Waals surface area (Å²) in [6, 6.07) is 9.14. The van der Waals surface area contributed by atoms with Gasteiger partial charge in [-0.25, -0.2) is 4.79 Å². The van der Waals surface area contributed by atoms with Gasteiger partial charge in [-0.3, -0.25) is 4.90 Å². The lowest BCUT2D eigenvalue weighted by Gasteiger charge is -2.27. The highest BCUT2D eigenvalue weighted by molar-refractivity contribution is 7.10. The van der Waals surface area contributed by atoms with Crippen LogP contribution in [0, 0.1) is 0 Å². The standard InChI is InChI=1S/C17H19Cl2N3OS/c18-12-5-6-14(13(19)10-12)21-17(23)20-11-15(16-4-3-9-24-16)22-7-1-2-8-22/h3-6,9-10,15H,1-2,7-8,11H2,(H2,20,21,23)/t15-/m0/s1. The molecule has 7 heteroatoms. The molecular weight excluding hydrogens is 365 g/mol. The van der Waals surface area contributed by atoms with E-state index in [1.807, 2.05) is 0 Å². The van der Waals surface area contributed by atoms with Crippen LogP contribution in [-0.2, 0) is 0 Å². The predicted octanol–water partition coefficient (Wildman–Crippen LogP) is 5.01. The van der Waals surface area contributed by atoms with Crippen molar-refractivity contribution in [2.45, 2.75) is 18.9 Å². The van der Waals surface area contributed by atoms with E-state index in [2.05, 4.69) is 33.0 Å². The second-order valence-corrected chi connectivity index (χ2v) is 7.56. The molecule has 0 aliphatic carbocycles. The van der Waals surface area contributed by atoms with Crippen molar-refractivity contribution in [1.29, 1.82) is 0 Å². The summed E-state index contributed by atoms with van der Waals surface area (Å²) in [4.78, 5) is 15.9. The number of nitrogens with zero attached hydrogens (tertiary/aromatic N) is 1. The molecule has 0 saturated carbocycles. The molecule has 4 nitrogen and oxygen atoms in total. The van der Waals surface area contributed by atoms with Crippen LogP contribution in [0.1, 0.15) is 23.8 Å². The van der Waals surface area contributed by atoms with Crippen LogP contribution in [0.5, 0.6) is 0 Å². The maximum absolute atomic E-state index is 12.2. The minimum atomic E-state index is -0.264. The van der Waals surface area contributed by atoms with Crippen LogP contribution >= 0.6 is 34.5 Å². The number of anilines is 1. The first-order chi connectivity index (χ1) is 11.6. The van der Waals surface area contributed by atoms with Crippen molar-refractivity contribution in [1.82, 2.24) is 10.2 Å². The summed E-state index contributed by atoms with van der Waals surface area (Å²) >= 11 is 13.7. The summed E-state index contributed by atoms with van der Waals surface area (Å²) in [6.07, 6.45) is 2.43. The second kappa shape index (κ2) is 8.21. The van der Waals surface area contributed by atoms with Gasteiger partial charge in [-0.1, -0.05) is 29.3 Å².